The van der Waals surface area contributed by atoms with Crippen LogP contribution in [0.5, 0.6) is 0 Å². The highest BCUT2D eigenvalue weighted by atomic mass is 19.1. The van der Waals surface area contributed by atoms with E-state index in [-0.39, 0.29) is 41.3 Å². The van der Waals surface area contributed by atoms with E-state index in [1.807, 2.05) is 13.8 Å². The molecule has 0 N–H and O–H groups in total. The molecule has 0 spiro atoms. The van der Waals surface area contributed by atoms with Gasteiger partial charge in [-0.25, -0.2) is 9.29 Å². The monoisotopic (exact) mass is 297 g/mol. The summed E-state index contributed by atoms with van der Waals surface area (Å²) in [5.41, 5.74) is 2.89. The van der Waals surface area contributed by atoms with Gasteiger partial charge in [0.15, 0.2) is 0 Å². The minimum atomic E-state index is -0.378. The van der Waals surface area contributed by atoms with Crippen LogP contribution in [0.1, 0.15) is 13.8 Å². The molecule has 0 aromatic heterocycles. The molecule has 2 amide bonds. The summed E-state index contributed by atoms with van der Waals surface area (Å²) in [5.74, 6) is -1.19. The zero-order valence-corrected chi connectivity index (χ0v) is 12.4. The Morgan fingerprint density at radius 2 is 1.45 bits per heavy atom. The Bertz CT molecular complexity index is 709. The first-order valence-corrected chi connectivity index (χ1v) is 7.49. The smallest absolute Gasteiger partial charge is 0.238 e. The van der Waals surface area contributed by atoms with Gasteiger partial charge in [0, 0.05) is 11.8 Å². The number of hydrogen-bond acceptors (Lipinski definition) is 2. The maximum Gasteiger partial charge on any atom is 0.238 e. The summed E-state index contributed by atoms with van der Waals surface area (Å²) in [5, 5.41) is 0. The number of imide groups is 1. The third-order valence-corrected chi connectivity index (χ3v) is 5.08. The molecule has 2 aliphatic carbocycles. The van der Waals surface area contributed by atoms with Crippen LogP contribution in [0.3, 0.4) is 0 Å². The topological polar surface area (TPSA) is 37.4 Å². The normalized spacial score (nSPS) is 32.1. The average Bonchev–Trinajstić information content (AvgIpc) is 3.11. The molecule has 1 saturated heterocycles. The second-order valence-electron chi connectivity index (χ2n) is 6.43. The highest BCUT2D eigenvalue weighted by Crippen LogP contribution is 2.57. The predicted octanol–water partition coefficient (Wildman–Crippen LogP) is 3.08. The number of rotatable bonds is 1. The Morgan fingerprint density at radius 1 is 0.955 bits per heavy atom. The first-order valence-electron chi connectivity index (χ1n) is 7.49. The van der Waals surface area contributed by atoms with Crippen molar-refractivity contribution in [2.45, 2.75) is 13.8 Å². The van der Waals surface area contributed by atoms with Crippen molar-refractivity contribution in [1.82, 2.24) is 0 Å². The molecule has 0 unspecified atom stereocenters. The van der Waals surface area contributed by atoms with Gasteiger partial charge in [0.2, 0.25) is 11.8 Å². The molecule has 112 valence electrons. The molecular formula is C18H16FNO2. The number of allylic oxidation sites excluding steroid dienone is 4. The summed E-state index contributed by atoms with van der Waals surface area (Å²) < 4.78 is 13.1. The number of hydrogen-bond donors (Lipinski definition) is 0. The van der Waals surface area contributed by atoms with E-state index in [1.54, 1.807) is 0 Å². The molecule has 4 rings (SSSR count). The van der Waals surface area contributed by atoms with Crippen molar-refractivity contribution in [2.24, 2.45) is 23.7 Å². The lowest BCUT2D eigenvalue weighted by atomic mass is 9.85. The fourth-order valence-corrected chi connectivity index (χ4v) is 4.27. The van der Waals surface area contributed by atoms with Crippen LogP contribution in [0, 0.1) is 29.5 Å². The van der Waals surface area contributed by atoms with Crippen LogP contribution < -0.4 is 4.90 Å². The number of amides is 2. The molecule has 1 saturated carbocycles. The van der Waals surface area contributed by atoms with Crippen LogP contribution in [-0.4, -0.2) is 11.8 Å². The van der Waals surface area contributed by atoms with Gasteiger partial charge < -0.3 is 0 Å². The van der Waals surface area contributed by atoms with Gasteiger partial charge in [-0.2, -0.15) is 0 Å². The summed E-state index contributed by atoms with van der Waals surface area (Å²) in [4.78, 5) is 26.8. The van der Waals surface area contributed by atoms with Crippen molar-refractivity contribution in [3.05, 3.63) is 53.4 Å². The van der Waals surface area contributed by atoms with Crippen molar-refractivity contribution < 1.29 is 14.0 Å². The number of benzene rings is 1. The average molecular weight is 297 g/mol. The van der Waals surface area contributed by atoms with Gasteiger partial charge in [-0.3, -0.25) is 9.59 Å². The number of carbonyl (C=O) groups excluding carboxylic acids is 2. The fraction of sp³-hybridized carbons (Fsp3) is 0.333. The number of carbonyl (C=O) groups is 2. The predicted molar refractivity (Wildman–Crippen MR) is 80.4 cm³/mol. The molecule has 2 fully saturated rings. The fourth-order valence-electron chi connectivity index (χ4n) is 4.27. The van der Waals surface area contributed by atoms with Gasteiger partial charge >= 0.3 is 0 Å². The molecule has 3 nitrogen and oxygen atoms in total. The summed E-state index contributed by atoms with van der Waals surface area (Å²) in [7, 11) is 0. The van der Waals surface area contributed by atoms with E-state index < -0.39 is 0 Å². The first kappa shape index (κ1) is 13.4. The molecule has 1 heterocycles. The first-order chi connectivity index (χ1) is 10.5. The van der Waals surface area contributed by atoms with Crippen LogP contribution in [0.25, 0.3) is 0 Å². The molecule has 0 radical (unpaired) electrons. The van der Waals surface area contributed by atoms with Crippen LogP contribution in [0.2, 0.25) is 0 Å². The highest BCUT2D eigenvalue weighted by molar-refractivity contribution is 6.23. The van der Waals surface area contributed by atoms with Crippen molar-refractivity contribution in [2.75, 3.05) is 4.90 Å². The number of halogens is 1. The summed E-state index contributed by atoms with van der Waals surface area (Å²) >= 11 is 0. The van der Waals surface area contributed by atoms with E-state index in [0.29, 0.717) is 5.69 Å². The molecule has 22 heavy (non-hydrogen) atoms. The Hall–Kier alpha value is -2.23. The molecule has 1 aliphatic heterocycles. The van der Waals surface area contributed by atoms with Crippen molar-refractivity contribution >= 4 is 17.5 Å². The zero-order chi connectivity index (χ0) is 15.6. The number of anilines is 1. The van der Waals surface area contributed by atoms with E-state index >= 15 is 0 Å². The molecule has 1 aromatic rings. The van der Waals surface area contributed by atoms with E-state index in [4.69, 9.17) is 0 Å². The van der Waals surface area contributed by atoms with Gasteiger partial charge in [-0.05, 0) is 38.1 Å². The highest BCUT2D eigenvalue weighted by Gasteiger charge is 2.61. The standard InChI is InChI=1S/C18H16FNO2/c1-9(2)14-12-7-8-13(14)16-15(12)17(21)20(18(16)22)11-5-3-10(19)4-6-11/h3-8,12-13,15-16H,1-2H3/t12-,13-,15-,16-/m0/s1. The third-order valence-electron chi connectivity index (χ3n) is 5.08. The number of nitrogens with zero attached hydrogens (tertiary/aromatic N) is 1. The Kier molecular flexibility index (Phi) is 2.68. The summed E-state index contributed by atoms with van der Waals surface area (Å²) in [6.45, 7) is 4.08. The second kappa shape index (κ2) is 4.38. The van der Waals surface area contributed by atoms with Gasteiger partial charge in [-0.1, -0.05) is 23.3 Å². The van der Waals surface area contributed by atoms with Gasteiger partial charge in [-0.15, -0.1) is 0 Å². The summed E-state index contributed by atoms with van der Waals surface area (Å²) in [6, 6.07) is 5.53. The SMILES string of the molecule is CC(C)=C1[C@@H]2C=C[C@@H]1[C@@H]1C(=O)N(c3ccc(F)cc3)C(=O)[C@H]12. The molecule has 1 aromatic carbocycles. The Morgan fingerprint density at radius 3 is 1.91 bits per heavy atom. The molecule has 4 heteroatoms. The van der Waals surface area contributed by atoms with Gasteiger partial charge in [0.25, 0.3) is 0 Å². The van der Waals surface area contributed by atoms with Gasteiger partial charge in [0.1, 0.15) is 5.82 Å². The van der Waals surface area contributed by atoms with Crippen LogP contribution in [0.4, 0.5) is 10.1 Å². The van der Waals surface area contributed by atoms with E-state index in [1.165, 1.54) is 40.3 Å². The van der Waals surface area contributed by atoms with Crippen LogP contribution in [-0.2, 0) is 9.59 Å². The minimum absolute atomic E-state index is 0.0434. The maximum atomic E-state index is 13.1. The molecule has 2 bridgehead atoms. The lowest BCUT2D eigenvalue weighted by molar-refractivity contribution is -0.122. The largest absolute Gasteiger partial charge is 0.274 e. The quantitative estimate of drug-likeness (QED) is 0.590. The van der Waals surface area contributed by atoms with E-state index in [0.717, 1.165) is 0 Å². The van der Waals surface area contributed by atoms with Crippen molar-refractivity contribution in [3.63, 3.8) is 0 Å². The lowest BCUT2D eigenvalue weighted by Gasteiger charge is -2.19. The van der Waals surface area contributed by atoms with Crippen LogP contribution >= 0.6 is 0 Å². The Balaban J connectivity index is 1.76. The molecular weight excluding hydrogens is 281 g/mol. The number of fused-ring (bicyclic) bond motifs is 5. The van der Waals surface area contributed by atoms with Crippen LogP contribution in [0.15, 0.2) is 47.6 Å². The Labute approximate surface area is 128 Å². The molecule has 4 atom stereocenters. The lowest BCUT2D eigenvalue weighted by Crippen LogP contribution is -2.33. The van der Waals surface area contributed by atoms with E-state index in [9.17, 15) is 14.0 Å². The zero-order valence-electron chi connectivity index (χ0n) is 12.4. The third kappa shape index (κ3) is 1.55. The maximum absolute atomic E-state index is 13.1. The van der Waals surface area contributed by atoms with Crippen molar-refractivity contribution in [1.29, 1.82) is 0 Å². The van der Waals surface area contributed by atoms with Crippen molar-refractivity contribution in [3.8, 4) is 0 Å². The second-order valence-corrected chi connectivity index (χ2v) is 6.43. The van der Waals surface area contributed by atoms with Gasteiger partial charge in [0.05, 0.1) is 17.5 Å². The summed E-state index contributed by atoms with van der Waals surface area (Å²) in [6.07, 6.45) is 4.13. The molecule has 3 aliphatic rings. The van der Waals surface area contributed by atoms with E-state index in [2.05, 4.69) is 12.2 Å². The minimum Gasteiger partial charge on any atom is -0.274 e.